The van der Waals surface area contributed by atoms with Crippen LogP contribution < -0.4 is 11.1 Å². The van der Waals surface area contributed by atoms with Crippen LogP contribution in [0.1, 0.15) is 73.5 Å². The highest BCUT2D eigenvalue weighted by Crippen LogP contribution is 2.65. The van der Waals surface area contributed by atoms with Crippen LogP contribution >= 0.6 is 0 Å². The average Bonchev–Trinajstić information content (AvgIpc) is 3.26. The number of benzene rings is 1. The average molecular weight is 648 g/mol. The number of amides is 1. The van der Waals surface area contributed by atoms with Crippen molar-refractivity contribution in [2.45, 2.75) is 83.3 Å². The van der Waals surface area contributed by atoms with Crippen LogP contribution in [-0.4, -0.2) is 75.9 Å². The van der Waals surface area contributed by atoms with Crippen LogP contribution in [0.25, 0.3) is 0 Å². The van der Waals surface area contributed by atoms with E-state index in [4.69, 9.17) is 5.73 Å². The number of aromatic hydroxyl groups is 1. The van der Waals surface area contributed by atoms with Crippen molar-refractivity contribution in [2.24, 2.45) is 46.2 Å². The Hall–Kier alpha value is -3.16. The first-order valence-corrected chi connectivity index (χ1v) is 15.7. The second-order valence-electron chi connectivity index (χ2n) is 15.1. The normalized spacial score (nSPS) is 38.2. The van der Waals surface area contributed by atoms with Crippen molar-refractivity contribution in [1.29, 1.82) is 0 Å². The Morgan fingerprint density at radius 3 is 2.28 bits per heavy atom. The predicted octanol–water partition coefficient (Wildman–Crippen LogP) is 2.19. The molecular weight excluding hydrogens is 607 g/mol. The number of hydrogen-bond donors (Lipinski definition) is 4. The topological polar surface area (TPSA) is 167 Å². The number of nitrogens with zero attached hydrogens (tertiary/aromatic N) is 1. The van der Waals surface area contributed by atoms with Crippen LogP contribution in [0, 0.1) is 40.4 Å². The molecule has 10 nitrogen and oxygen atoms in total. The molecule has 2 bridgehead atoms. The molecule has 1 aromatic carbocycles. The minimum absolute atomic E-state index is 0.0101. The predicted molar refractivity (Wildman–Crippen MR) is 156 cm³/mol. The molecule has 4 fully saturated rings. The summed E-state index contributed by atoms with van der Waals surface area (Å²) >= 11 is 0. The zero-order valence-electron chi connectivity index (χ0n) is 26.5. The quantitative estimate of drug-likeness (QED) is 0.351. The van der Waals surface area contributed by atoms with Gasteiger partial charge in [-0.15, -0.1) is 0 Å². The number of aliphatic hydroxyl groups is 1. The van der Waals surface area contributed by atoms with Gasteiger partial charge in [-0.3, -0.25) is 28.9 Å². The van der Waals surface area contributed by atoms with Gasteiger partial charge in [-0.1, -0.05) is 20.8 Å². The first-order chi connectivity index (χ1) is 21.2. The summed E-state index contributed by atoms with van der Waals surface area (Å²) in [6, 6.07) is -0.484. The number of nitrogens with two attached hydrogens (primary N) is 1. The molecule has 5 aliphatic rings. The Bertz CT molecular complexity index is 1590. The van der Waals surface area contributed by atoms with Crippen LogP contribution in [0.3, 0.4) is 0 Å². The van der Waals surface area contributed by atoms with E-state index in [1.165, 1.54) is 19.0 Å². The highest BCUT2D eigenvalue weighted by Gasteiger charge is 2.69. The third kappa shape index (κ3) is 4.16. The Morgan fingerprint density at radius 2 is 1.76 bits per heavy atom. The largest absolute Gasteiger partial charge is 0.507 e. The lowest BCUT2D eigenvalue weighted by Crippen LogP contribution is -2.74. The van der Waals surface area contributed by atoms with Crippen molar-refractivity contribution in [3.05, 3.63) is 28.3 Å². The lowest BCUT2D eigenvalue weighted by Gasteiger charge is -2.52. The number of carbonyl (C=O) groups is 5. The minimum atomic E-state index is -4.92. The van der Waals surface area contributed by atoms with Crippen molar-refractivity contribution in [1.82, 2.24) is 10.2 Å². The first-order valence-electron chi connectivity index (χ1n) is 15.7. The fraction of sp³-hybridized carbons (Fsp3) is 0.667. The van der Waals surface area contributed by atoms with Gasteiger partial charge in [0, 0.05) is 18.5 Å². The molecular formula is C33H40F3N3O7. The molecule has 0 radical (unpaired) electrons. The summed E-state index contributed by atoms with van der Waals surface area (Å²) < 4.78 is 44.7. The van der Waals surface area contributed by atoms with E-state index in [1.807, 2.05) is 0 Å². The fourth-order valence-electron chi connectivity index (χ4n) is 9.98. The number of fused-ring (bicyclic) bond motifs is 5. The zero-order valence-corrected chi connectivity index (χ0v) is 26.5. The number of hydrogen-bond acceptors (Lipinski definition) is 9. The molecule has 4 saturated carbocycles. The second-order valence-corrected chi connectivity index (χ2v) is 15.1. The van der Waals surface area contributed by atoms with Gasteiger partial charge in [0.05, 0.1) is 23.1 Å². The van der Waals surface area contributed by atoms with E-state index in [9.17, 15) is 47.4 Å². The van der Waals surface area contributed by atoms with Crippen molar-refractivity contribution in [2.75, 3.05) is 14.1 Å². The molecule has 1 aromatic rings. The Morgan fingerprint density at radius 1 is 1.11 bits per heavy atom. The molecule has 0 heterocycles. The van der Waals surface area contributed by atoms with Gasteiger partial charge in [0.25, 0.3) is 0 Å². The summed E-state index contributed by atoms with van der Waals surface area (Å²) in [5, 5.41) is 26.1. The van der Waals surface area contributed by atoms with Crippen LogP contribution in [0.4, 0.5) is 13.2 Å². The second kappa shape index (κ2) is 10.2. The van der Waals surface area contributed by atoms with E-state index in [-0.39, 0.29) is 35.4 Å². The molecule has 1 amide bonds. The summed E-state index contributed by atoms with van der Waals surface area (Å²) in [6.07, 6.45) is -2.89. The molecule has 0 aromatic heterocycles. The molecule has 4 unspecified atom stereocenters. The van der Waals surface area contributed by atoms with Crippen LogP contribution in [-0.2, 0) is 38.3 Å². The Balaban J connectivity index is 1.41. The zero-order chi connectivity index (χ0) is 34.0. The number of Topliss-reactive ketones (excluding diaryl/α,β-unsaturated/α-hetero) is 4. The summed E-state index contributed by atoms with van der Waals surface area (Å²) in [5.41, 5.74) is -0.149. The van der Waals surface area contributed by atoms with E-state index < -0.39 is 99.4 Å². The molecule has 9 atom stereocenters. The molecule has 0 saturated heterocycles. The number of halogens is 3. The monoisotopic (exact) mass is 647 g/mol. The van der Waals surface area contributed by atoms with Crippen molar-refractivity contribution < 1.29 is 47.4 Å². The van der Waals surface area contributed by atoms with E-state index in [0.717, 1.165) is 25.3 Å². The summed E-state index contributed by atoms with van der Waals surface area (Å²) in [6.45, 7) is 6.33. The van der Waals surface area contributed by atoms with E-state index in [1.54, 1.807) is 0 Å². The van der Waals surface area contributed by atoms with Gasteiger partial charge in [-0.25, -0.2) is 0 Å². The number of rotatable bonds is 5. The molecule has 250 valence electrons. The van der Waals surface area contributed by atoms with Crippen molar-refractivity contribution in [3.8, 4) is 5.75 Å². The smallest absolute Gasteiger partial charge is 0.417 e. The van der Waals surface area contributed by atoms with Crippen molar-refractivity contribution in [3.63, 3.8) is 0 Å². The number of phenolic OH excluding ortho intramolecular Hbond substituents is 1. The van der Waals surface area contributed by atoms with Gasteiger partial charge in [0.1, 0.15) is 5.75 Å². The molecule has 0 spiro atoms. The maximum absolute atomic E-state index is 14.9. The standard InChI is InChI=1S/C33H40F3N3O7/c1-30(2)15-6-7-31(30,3)19(11-15)38-12-14-10-18(40)21-16(23(14)33(34,35)36)8-13-9-17-24(39(4)5)26(42)22(29(37)45)28(44)32(17,46)27(43)20(13)25(21)41/h10,13,15,17,19-20,22,24,38,40,46H,6-9,11-12H2,1-5H3,(H2,37,45)/t13-,15?,17-,19-,20?,22?,24-,31?,32-/m0/s1. The molecule has 0 aliphatic heterocycles. The van der Waals surface area contributed by atoms with Gasteiger partial charge >= 0.3 is 6.18 Å². The fourth-order valence-corrected chi connectivity index (χ4v) is 9.98. The Kier molecular flexibility index (Phi) is 7.24. The molecule has 6 rings (SSSR count). The number of nitrogens with one attached hydrogen (secondary N) is 1. The third-order valence-corrected chi connectivity index (χ3v) is 12.8. The number of phenols is 1. The molecule has 5 N–H and O–H groups in total. The van der Waals surface area contributed by atoms with E-state index in [2.05, 4.69) is 26.1 Å². The summed E-state index contributed by atoms with van der Waals surface area (Å²) in [7, 11) is 2.87. The van der Waals surface area contributed by atoms with Crippen molar-refractivity contribution >= 4 is 29.0 Å². The van der Waals surface area contributed by atoms with Crippen LogP contribution in [0.2, 0.25) is 0 Å². The lowest BCUT2D eigenvalue weighted by atomic mass is 9.52. The number of alkyl halides is 3. The highest BCUT2D eigenvalue weighted by atomic mass is 19.4. The maximum atomic E-state index is 14.9. The molecule has 5 aliphatic carbocycles. The van der Waals surface area contributed by atoms with Gasteiger partial charge < -0.3 is 21.3 Å². The minimum Gasteiger partial charge on any atom is -0.507 e. The molecule has 13 heteroatoms. The van der Waals surface area contributed by atoms with Gasteiger partial charge in [-0.2, -0.15) is 13.2 Å². The summed E-state index contributed by atoms with van der Waals surface area (Å²) in [5.74, 6) is -12.9. The van der Waals surface area contributed by atoms with Gasteiger partial charge in [0.2, 0.25) is 5.91 Å². The first kappa shape index (κ1) is 32.8. The third-order valence-electron chi connectivity index (χ3n) is 12.8. The van der Waals surface area contributed by atoms with Crippen LogP contribution in [0.5, 0.6) is 5.75 Å². The number of primary amides is 1. The maximum Gasteiger partial charge on any atom is 0.417 e. The SMILES string of the molecule is CN(C)[C@@H]1C(=O)C(C(N)=O)C(=O)[C@@]2(O)C(=O)C3C(=O)c4c(O)cc(CN[C@H]5CC6CCC5(C)C6(C)C)c(C(F)(F)F)c4C[C@H]3C[C@@H]12. The lowest BCUT2D eigenvalue weighted by molar-refractivity contribution is -0.181. The highest BCUT2D eigenvalue weighted by molar-refractivity contribution is 6.32. The Labute approximate surface area is 264 Å². The van der Waals surface area contributed by atoms with E-state index >= 15 is 0 Å². The number of ketones is 4. The van der Waals surface area contributed by atoms with Gasteiger partial charge in [-0.05, 0) is 86.1 Å². The number of carbonyl (C=O) groups excluding carboxylic acids is 5. The number of likely N-dealkylation sites (N-methyl/N-ethyl adjacent to an activating group) is 1. The van der Waals surface area contributed by atoms with Gasteiger partial charge in [0.15, 0.2) is 34.7 Å². The molecule has 46 heavy (non-hydrogen) atoms. The summed E-state index contributed by atoms with van der Waals surface area (Å²) in [4.78, 5) is 68.0. The van der Waals surface area contributed by atoms with E-state index in [0.29, 0.717) is 5.92 Å². The van der Waals surface area contributed by atoms with Crippen LogP contribution in [0.15, 0.2) is 6.07 Å².